The van der Waals surface area contributed by atoms with Crippen LogP contribution in [0.2, 0.25) is 0 Å². The minimum Gasteiger partial charge on any atom is -0.343 e. The molecule has 0 amide bonds. The van der Waals surface area contributed by atoms with E-state index in [1.807, 2.05) is 9.85 Å². The van der Waals surface area contributed by atoms with Gasteiger partial charge in [0.1, 0.15) is 0 Å². The van der Waals surface area contributed by atoms with Crippen molar-refractivity contribution in [3.63, 3.8) is 0 Å². The average Bonchev–Trinajstić information content (AvgIpc) is 3.58. The molecule has 0 spiro atoms. The minimum atomic E-state index is 0. The quantitative estimate of drug-likeness (QED) is 0.222. The van der Waals surface area contributed by atoms with Crippen molar-refractivity contribution < 1.29 is 25.8 Å². The summed E-state index contributed by atoms with van der Waals surface area (Å²) in [6, 6.07) is 10.6. The van der Waals surface area contributed by atoms with Crippen LogP contribution in [0.15, 0.2) is 77.9 Å². The van der Waals surface area contributed by atoms with Gasteiger partial charge in [-0.2, -0.15) is 19.8 Å². The number of hydrogen-bond acceptors (Lipinski definition) is 0. The molecule has 5 rings (SSSR count). The fourth-order valence-corrected chi connectivity index (χ4v) is 4.91. The number of rotatable bonds is 5. The molecular formula is C33H46HfSi. The smallest absolute Gasteiger partial charge is 0.343 e. The van der Waals surface area contributed by atoms with Gasteiger partial charge in [0.25, 0.3) is 0 Å². The fourth-order valence-electron chi connectivity index (χ4n) is 4.47. The fraction of sp³-hybridized carbons (Fsp3) is 0.424. The summed E-state index contributed by atoms with van der Waals surface area (Å²) in [7, 11) is 2.00. The summed E-state index contributed by atoms with van der Waals surface area (Å²) >= 11 is 0. The van der Waals surface area contributed by atoms with Crippen molar-refractivity contribution in [2.75, 3.05) is 0 Å². The van der Waals surface area contributed by atoms with Crippen molar-refractivity contribution in [2.45, 2.75) is 78.1 Å². The molecular weight excluding hydrogens is 603 g/mol. The van der Waals surface area contributed by atoms with Crippen molar-refractivity contribution >= 4 is 15.0 Å². The Bertz CT molecular complexity index is 773. The first kappa shape index (κ1) is 31.9. The van der Waals surface area contributed by atoms with Gasteiger partial charge >= 0.3 is 25.8 Å². The number of fused-ring (bicyclic) bond motifs is 2. The first-order valence-electron chi connectivity index (χ1n) is 13.4. The van der Waals surface area contributed by atoms with Gasteiger partial charge in [-0.1, -0.05) is 68.1 Å². The molecule has 0 aliphatic heterocycles. The van der Waals surface area contributed by atoms with E-state index in [-0.39, 0.29) is 25.8 Å². The zero-order chi connectivity index (χ0) is 24.4. The molecule has 4 aliphatic rings. The zero-order valence-corrected chi connectivity index (χ0v) is 27.2. The molecule has 0 bridgehead atoms. The Morgan fingerprint density at radius 3 is 1.91 bits per heavy atom. The Labute approximate surface area is 239 Å². The molecule has 0 nitrogen and oxygen atoms in total. The predicted molar refractivity (Wildman–Crippen MR) is 156 cm³/mol. The summed E-state index contributed by atoms with van der Waals surface area (Å²) in [5.74, 6) is 1.77. The van der Waals surface area contributed by atoms with Crippen LogP contribution >= 0.6 is 0 Å². The van der Waals surface area contributed by atoms with Gasteiger partial charge in [-0.3, -0.25) is 0 Å². The molecule has 2 fully saturated rings. The number of benzene rings is 1. The van der Waals surface area contributed by atoms with E-state index in [1.165, 1.54) is 68.5 Å². The minimum absolute atomic E-state index is 0. The molecule has 2 saturated carbocycles. The molecule has 0 N–H and O–H groups in total. The maximum atomic E-state index is 3.60. The van der Waals surface area contributed by atoms with Crippen LogP contribution in [0, 0.1) is 38.0 Å². The summed E-state index contributed by atoms with van der Waals surface area (Å²) in [6.45, 7) is 7.83. The third-order valence-corrected chi connectivity index (χ3v) is 7.46. The Morgan fingerprint density at radius 2 is 1.49 bits per heavy atom. The molecule has 0 heterocycles. The summed E-state index contributed by atoms with van der Waals surface area (Å²) in [4.78, 5) is 0. The normalized spacial score (nSPS) is 20.2. The first-order chi connectivity index (χ1) is 16.7. The topological polar surface area (TPSA) is 0 Å². The van der Waals surface area contributed by atoms with Crippen molar-refractivity contribution in [3.8, 4) is 0 Å². The van der Waals surface area contributed by atoms with E-state index in [0.717, 1.165) is 18.3 Å². The number of hydrogen-bond donors (Lipinski definition) is 0. The van der Waals surface area contributed by atoms with E-state index in [4.69, 9.17) is 0 Å². The number of unbranched alkanes of at least 4 members (excludes halogenated alkanes) is 2. The second kappa shape index (κ2) is 20.0. The summed E-state index contributed by atoms with van der Waals surface area (Å²) in [5, 5.41) is 1.51. The second-order valence-corrected chi connectivity index (χ2v) is 10.2. The Morgan fingerprint density at radius 1 is 0.971 bits per heavy atom. The molecule has 2 atom stereocenters. The third kappa shape index (κ3) is 12.6. The van der Waals surface area contributed by atoms with Gasteiger partial charge in [0.05, 0.1) is 0 Å². The van der Waals surface area contributed by atoms with Gasteiger partial charge < -0.3 is 13.3 Å². The Kier molecular flexibility index (Phi) is 18.2. The molecule has 0 saturated heterocycles. The van der Waals surface area contributed by atoms with Crippen LogP contribution < -0.4 is 0 Å². The Hall–Kier alpha value is -1.12. The van der Waals surface area contributed by atoms with Crippen LogP contribution in [0.3, 0.4) is 0 Å². The van der Waals surface area contributed by atoms with Crippen LogP contribution in [0.5, 0.6) is 0 Å². The molecule has 35 heavy (non-hydrogen) atoms. The molecule has 4 aliphatic carbocycles. The second-order valence-electron chi connectivity index (χ2n) is 9.39. The molecule has 2 unspecified atom stereocenters. The average molecular weight is 649 g/mol. The molecule has 1 aromatic rings. The van der Waals surface area contributed by atoms with Crippen molar-refractivity contribution in [2.24, 2.45) is 11.8 Å². The van der Waals surface area contributed by atoms with Crippen molar-refractivity contribution in [1.82, 2.24) is 0 Å². The number of allylic oxidation sites excluding steroid dienone is 8. The van der Waals surface area contributed by atoms with Crippen LogP contribution in [0.1, 0.15) is 83.6 Å². The summed E-state index contributed by atoms with van der Waals surface area (Å²) in [5.41, 5.74) is 4.55. The standard InChI is InChI=1S/C11H15Si.2C9H11.C4H9.Hf/c1-2-3-9-11(12)10-7-5-4-6-8-10;2*1-2-5-9-7-3-6-8(9)4-1;1-3-4-2;/h2,4-8H,3,9,12H2,1H3;2*1-2,4,6,9H,3,5,7H2;1,3-4H2,2H3;/q4*-1;+4. The summed E-state index contributed by atoms with van der Waals surface area (Å²) in [6.07, 6.45) is 32.9. The van der Waals surface area contributed by atoms with Gasteiger partial charge in [-0.15, -0.1) is 37.1 Å². The van der Waals surface area contributed by atoms with Crippen LogP contribution in [0.25, 0.3) is 0 Å². The maximum Gasteiger partial charge on any atom is 4.00 e. The molecule has 1 aromatic carbocycles. The van der Waals surface area contributed by atoms with Crippen molar-refractivity contribution in [3.05, 3.63) is 110 Å². The largest absolute Gasteiger partial charge is 4.00 e. The molecule has 2 heteroatoms. The van der Waals surface area contributed by atoms with E-state index in [2.05, 4.69) is 107 Å². The molecule has 0 radical (unpaired) electrons. The Balaban J connectivity index is 0.000000243. The first-order valence-corrected chi connectivity index (χ1v) is 14.1. The van der Waals surface area contributed by atoms with Crippen molar-refractivity contribution in [1.29, 1.82) is 0 Å². The third-order valence-electron chi connectivity index (χ3n) is 6.69. The van der Waals surface area contributed by atoms with E-state index < -0.39 is 0 Å². The van der Waals surface area contributed by atoms with E-state index in [1.54, 1.807) is 11.1 Å². The SMILES string of the molecule is C1=CCC2CC[CH-]C2=C1.C1=CCC2CC[CH-]C2=C1.C[CH-]CCC(=[SiH2])c1ccccc1.[CH2-]CCC.[Hf+4]. The van der Waals surface area contributed by atoms with Crippen LogP contribution in [0.4, 0.5) is 0 Å². The molecule has 186 valence electrons. The van der Waals surface area contributed by atoms with Gasteiger partial charge in [0.15, 0.2) is 0 Å². The summed E-state index contributed by atoms with van der Waals surface area (Å²) < 4.78 is 0. The van der Waals surface area contributed by atoms with Crippen LogP contribution in [-0.2, 0) is 25.8 Å². The van der Waals surface area contributed by atoms with Gasteiger partial charge in [0.2, 0.25) is 0 Å². The zero-order valence-electron chi connectivity index (χ0n) is 22.2. The van der Waals surface area contributed by atoms with Gasteiger partial charge in [-0.25, -0.2) is 36.1 Å². The van der Waals surface area contributed by atoms with E-state index >= 15 is 0 Å². The van der Waals surface area contributed by atoms with Gasteiger partial charge in [0, 0.05) is 0 Å². The maximum absolute atomic E-state index is 3.60. The predicted octanol–water partition coefficient (Wildman–Crippen LogP) is 8.44. The van der Waals surface area contributed by atoms with Gasteiger partial charge in [-0.05, 0) is 40.1 Å². The van der Waals surface area contributed by atoms with E-state index in [0.29, 0.717) is 0 Å². The van der Waals surface area contributed by atoms with E-state index in [9.17, 15) is 0 Å². The monoisotopic (exact) mass is 650 g/mol. The van der Waals surface area contributed by atoms with Crippen LogP contribution in [-0.4, -0.2) is 15.0 Å². The molecule has 0 aromatic heterocycles.